The molecule has 1 aliphatic heterocycles. The Morgan fingerprint density at radius 1 is 1.29 bits per heavy atom. The Morgan fingerprint density at radius 3 is 2.76 bits per heavy atom. The van der Waals surface area contributed by atoms with Crippen LogP contribution in [0.15, 0.2) is 36.7 Å². The van der Waals surface area contributed by atoms with Crippen molar-refractivity contribution in [2.45, 2.75) is 12.1 Å². The van der Waals surface area contributed by atoms with E-state index in [2.05, 4.69) is 4.98 Å². The number of fused-ring (bicyclic) bond motifs is 1. The number of carboxylic acid groups (broad SMARTS) is 1. The third-order valence-electron chi connectivity index (χ3n) is 3.79. The molecule has 0 bridgehead atoms. The van der Waals surface area contributed by atoms with Crippen LogP contribution >= 0.6 is 0 Å². The van der Waals surface area contributed by atoms with Crippen LogP contribution < -0.4 is 0 Å². The van der Waals surface area contributed by atoms with Crippen LogP contribution in [0.2, 0.25) is 0 Å². The number of aliphatic carboxylic acids is 1. The summed E-state index contributed by atoms with van der Waals surface area (Å²) in [6, 6.07) is 7.27. The fourth-order valence-corrected chi connectivity index (χ4v) is 2.58. The second-order valence-corrected chi connectivity index (χ2v) is 5.16. The van der Waals surface area contributed by atoms with Crippen molar-refractivity contribution in [2.24, 2.45) is 0 Å². The number of aromatic nitrogens is 1. The van der Waals surface area contributed by atoms with Crippen LogP contribution in [0.3, 0.4) is 0 Å². The van der Waals surface area contributed by atoms with E-state index in [1.807, 2.05) is 12.1 Å². The van der Waals surface area contributed by atoms with Gasteiger partial charge in [0.25, 0.3) is 5.91 Å². The van der Waals surface area contributed by atoms with Gasteiger partial charge in [0, 0.05) is 30.7 Å². The van der Waals surface area contributed by atoms with Crippen molar-refractivity contribution in [3.8, 4) is 0 Å². The number of likely N-dealkylation sites (tertiary alicyclic amines) is 1. The van der Waals surface area contributed by atoms with Crippen molar-refractivity contribution in [3.05, 3.63) is 42.2 Å². The van der Waals surface area contributed by atoms with Gasteiger partial charge in [-0.05, 0) is 5.39 Å². The summed E-state index contributed by atoms with van der Waals surface area (Å²) in [5.41, 5.74) is -1.99. The second-order valence-electron chi connectivity index (χ2n) is 5.16. The van der Waals surface area contributed by atoms with Crippen LogP contribution in [0.1, 0.15) is 16.8 Å². The van der Waals surface area contributed by atoms with Crippen molar-refractivity contribution in [1.29, 1.82) is 0 Å². The molecule has 1 amide bonds. The predicted octanol–water partition coefficient (Wildman–Crippen LogP) is 1.87. The van der Waals surface area contributed by atoms with Crippen molar-refractivity contribution < 1.29 is 19.1 Å². The molecule has 2 heterocycles. The van der Waals surface area contributed by atoms with E-state index < -0.39 is 18.2 Å². The lowest BCUT2D eigenvalue weighted by Gasteiger charge is -2.18. The first-order valence-electron chi connectivity index (χ1n) is 6.56. The number of carboxylic acids is 1. The molecule has 1 fully saturated rings. The second kappa shape index (κ2) is 4.80. The zero-order valence-corrected chi connectivity index (χ0v) is 11.1. The average Bonchev–Trinajstić information content (AvgIpc) is 2.90. The fourth-order valence-electron chi connectivity index (χ4n) is 2.58. The van der Waals surface area contributed by atoms with Gasteiger partial charge < -0.3 is 10.0 Å². The Morgan fingerprint density at radius 2 is 2.05 bits per heavy atom. The number of hydrogen-bond donors (Lipinski definition) is 1. The van der Waals surface area contributed by atoms with Crippen LogP contribution in [-0.4, -0.2) is 45.6 Å². The van der Waals surface area contributed by atoms with Gasteiger partial charge in [-0.3, -0.25) is 9.78 Å². The first kappa shape index (κ1) is 13.5. The third kappa shape index (κ3) is 2.22. The van der Waals surface area contributed by atoms with Crippen molar-refractivity contribution in [3.63, 3.8) is 0 Å². The minimum absolute atomic E-state index is 0.0881. The summed E-state index contributed by atoms with van der Waals surface area (Å²) in [6.07, 6.45) is 2.89. The van der Waals surface area contributed by atoms with E-state index in [0.717, 1.165) is 10.8 Å². The highest BCUT2D eigenvalue weighted by atomic mass is 19.1. The lowest BCUT2D eigenvalue weighted by molar-refractivity contribution is -0.149. The van der Waals surface area contributed by atoms with Gasteiger partial charge >= 0.3 is 5.97 Å². The summed E-state index contributed by atoms with van der Waals surface area (Å²) < 4.78 is 14.1. The topological polar surface area (TPSA) is 70.5 Å². The maximum Gasteiger partial charge on any atom is 0.343 e. The molecule has 0 aliphatic carbocycles. The summed E-state index contributed by atoms with van der Waals surface area (Å²) in [4.78, 5) is 28.7. The molecule has 0 radical (unpaired) electrons. The smallest absolute Gasteiger partial charge is 0.343 e. The Bertz CT molecular complexity index is 728. The molecule has 1 unspecified atom stereocenters. The molecule has 1 saturated heterocycles. The summed E-state index contributed by atoms with van der Waals surface area (Å²) in [5.74, 6) is -1.91. The molecule has 1 atom stereocenters. The molecule has 0 saturated carbocycles. The number of nitrogens with zero attached hydrogens (tertiary/aromatic N) is 2. The van der Waals surface area contributed by atoms with Crippen LogP contribution in [0.5, 0.6) is 0 Å². The lowest BCUT2D eigenvalue weighted by Crippen LogP contribution is -2.39. The third-order valence-corrected chi connectivity index (χ3v) is 3.79. The van der Waals surface area contributed by atoms with Crippen molar-refractivity contribution in [1.82, 2.24) is 9.88 Å². The molecule has 2 aromatic rings. The molecule has 5 nitrogen and oxygen atoms in total. The van der Waals surface area contributed by atoms with Gasteiger partial charge in [-0.2, -0.15) is 0 Å². The number of carbonyl (C=O) groups excluding carboxylic acids is 1. The van der Waals surface area contributed by atoms with Crippen molar-refractivity contribution >= 4 is 22.6 Å². The Labute approximate surface area is 120 Å². The lowest BCUT2D eigenvalue weighted by atomic mass is 10.1. The zero-order valence-electron chi connectivity index (χ0n) is 11.1. The van der Waals surface area contributed by atoms with E-state index in [1.165, 1.54) is 11.1 Å². The molecular weight excluding hydrogens is 275 g/mol. The van der Waals surface area contributed by atoms with Crippen LogP contribution in [-0.2, 0) is 4.79 Å². The highest BCUT2D eigenvalue weighted by Crippen LogP contribution is 2.28. The zero-order chi connectivity index (χ0) is 15.0. The number of alkyl halides is 1. The van der Waals surface area contributed by atoms with E-state index in [0.29, 0.717) is 5.56 Å². The van der Waals surface area contributed by atoms with Gasteiger partial charge in [-0.15, -0.1) is 0 Å². The Kier molecular flexibility index (Phi) is 3.08. The highest BCUT2D eigenvalue weighted by molar-refractivity contribution is 6.06. The van der Waals surface area contributed by atoms with Gasteiger partial charge in [0.05, 0.1) is 12.1 Å². The first-order valence-corrected chi connectivity index (χ1v) is 6.56. The monoisotopic (exact) mass is 288 g/mol. The minimum atomic E-state index is -2.35. The highest BCUT2D eigenvalue weighted by Gasteiger charge is 2.47. The van der Waals surface area contributed by atoms with E-state index in [9.17, 15) is 14.0 Å². The number of benzene rings is 1. The van der Waals surface area contributed by atoms with Gasteiger partial charge in [0.2, 0.25) is 5.67 Å². The number of halogens is 1. The predicted molar refractivity (Wildman–Crippen MR) is 73.7 cm³/mol. The fraction of sp³-hybridized carbons (Fsp3) is 0.267. The number of amides is 1. The van der Waals surface area contributed by atoms with Gasteiger partial charge in [0.1, 0.15) is 0 Å². The number of carbonyl (C=O) groups is 2. The molecule has 108 valence electrons. The normalized spacial score (nSPS) is 21.7. The standard InChI is InChI=1S/C15H13FN2O3/c16-15(14(20)21)5-6-18(9-15)13(19)12-8-17-7-10-3-1-2-4-11(10)12/h1-4,7-8H,5-6,9H2,(H,20,21). The molecule has 1 aromatic carbocycles. The molecule has 1 aliphatic rings. The minimum Gasteiger partial charge on any atom is -0.479 e. The maximum absolute atomic E-state index is 14.1. The summed E-state index contributed by atoms with van der Waals surface area (Å²) in [5, 5.41) is 10.4. The summed E-state index contributed by atoms with van der Waals surface area (Å²) in [6.45, 7) is -0.338. The van der Waals surface area contributed by atoms with Crippen LogP contribution in [0.25, 0.3) is 10.8 Å². The SMILES string of the molecule is O=C(c1cncc2ccccc12)N1CCC(F)(C(=O)O)C1. The summed E-state index contributed by atoms with van der Waals surface area (Å²) >= 11 is 0. The molecule has 21 heavy (non-hydrogen) atoms. The molecule has 6 heteroatoms. The van der Waals surface area contributed by atoms with Crippen LogP contribution in [0, 0.1) is 0 Å². The number of rotatable bonds is 2. The molecule has 3 rings (SSSR count). The quantitative estimate of drug-likeness (QED) is 0.916. The molecule has 1 N–H and O–H groups in total. The average molecular weight is 288 g/mol. The van der Waals surface area contributed by atoms with Gasteiger partial charge in [-0.25, -0.2) is 9.18 Å². The largest absolute Gasteiger partial charge is 0.479 e. The molecule has 1 aromatic heterocycles. The van der Waals surface area contributed by atoms with E-state index in [4.69, 9.17) is 5.11 Å². The van der Waals surface area contributed by atoms with Gasteiger partial charge in [0.15, 0.2) is 0 Å². The number of pyridine rings is 1. The van der Waals surface area contributed by atoms with E-state index in [1.54, 1.807) is 18.3 Å². The molecular formula is C15H13FN2O3. The maximum atomic E-state index is 14.1. The first-order chi connectivity index (χ1) is 10.0. The van der Waals surface area contributed by atoms with E-state index >= 15 is 0 Å². The van der Waals surface area contributed by atoms with Crippen molar-refractivity contribution in [2.75, 3.05) is 13.1 Å². The van der Waals surface area contributed by atoms with Gasteiger partial charge in [-0.1, -0.05) is 24.3 Å². The van der Waals surface area contributed by atoms with E-state index in [-0.39, 0.29) is 18.9 Å². The number of hydrogen-bond acceptors (Lipinski definition) is 3. The summed E-state index contributed by atoms with van der Waals surface area (Å²) in [7, 11) is 0. The Balaban J connectivity index is 1.94. The van der Waals surface area contributed by atoms with Crippen LogP contribution in [0.4, 0.5) is 4.39 Å². The molecule has 0 spiro atoms. The Hall–Kier alpha value is -2.50.